The fourth-order valence-electron chi connectivity index (χ4n) is 2.46. The van der Waals surface area contributed by atoms with Crippen LogP contribution < -0.4 is 0 Å². The maximum Gasteiger partial charge on any atom is 0.471 e. The second-order valence-corrected chi connectivity index (χ2v) is 5.76. The summed E-state index contributed by atoms with van der Waals surface area (Å²) in [6.07, 6.45) is -2.66. The maximum atomic E-state index is 12.4. The molecular weight excluding hydrogens is 351 g/mol. The van der Waals surface area contributed by atoms with Gasteiger partial charge in [-0.15, -0.1) is 0 Å². The van der Waals surface area contributed by atoms with E-state index in [0.717, 1.165) is 11.0 Å². The Kier molecular flexibility index (Phi) is 4.92. The number of benzene rings is 1. The van der Waals surface area contributed by atoms with E-state index in [1.54, 1.807) is 13.4 Å². The van der Waals surface area contributed by atoms with Crippen molar-refractivity contribution >= 4 is 16.9 Å². The van der Waals surface area contributed by atoms with Gasteiger partial charge < -0.3 is 14.0 Å². The molecule has 1 amide bonds. The molecule has 0 aliphatic heterocycles. The molecular formula is C16H16F3N5O2. The van der Waals surface area contributed by atoms with Gasteiger partial charge in [-0.2, -0.15) is 18.2 Å². The lowest BCUT2D eigenvalue weighted by Gasteiger charge is -2.16. The van der Waals surface area contributed by atoms with Crippen LogP contribution in [0.3, 0.4) is 0 Å². The molecule has 3 rings (SSSR count). The fraction of sp³-hybridized carbons (Fsp3) is 0.375. The van der Waals surface area contributed by atoms with Crippen molar-refractivity contribution in [2.75, 3.05) is 13.6 Å². The Labute approximate surface area is 146 Å². The van der Waals surface area contributed by atoms with Crippen LogP contribution in [-0.4, -0.2) is 44.1 Å². The third-order valence-corrected chi connectivity index (χ3v) is 3.90. The van der Waals surface area contributed by atoms with Crippen molar-refractivity contribution in [2.24, 2.45) is 0 Å². The maximum absolute atomic E-state index is 12.4. The summed E-state index contributed by atoms with van der Waals surface area (Å²) in [6.45, 7) is 0.657. The van der Waals surface area contributed by atoms with E-state index in [1.165, 1.54) is 4.90 Å². The zero-order chi connectivity index (χ0) is 18.7. The highest BCUT2D eigenvalue weighted by Crippen LogP contribution is 2.27. The van der Waals surface area contributed by atoms with Gasteiger partial charge in [0.2, 0.25) is 5.91 Å². The standard InChI is InChI=1S/C16H16F3N5O2/c1-23(8-6-13-21-15(26-22-13)16(17,18)19)14(25)7-9-24-10-20-11-4-2-3-5-12(11)24/h2-5,10H,6-9H2,1H3. The molecule has 0 saturated carbocycles. The summed E-state index contributed by atoms with van der Waals surface area (Å²) in [5.41, 5.74) is 1.79. The molecule has 0 fully saturated rings. The molecule has 0 saturated heterocycles. The van der Waals surface area contributed by atoms with Crippen molar-refractivity contribution in [1.82, 2.24) is 24.6 Å². The van der Waals surface area contributed by atoms with Crippen molar-refractivity contribution in [3.63, 3.8) is 0 Å². The summed E-state index contributed by atoms with van der Waals surface area (Å²) in [4.78, 5) is 21.2. The molecule has 2 heterocycles. The number of imidazole rings is 1. The van der Waals surface area contributed by atoms with E-state index in [0.29, 0.717) is 6.54 Å². The van der Waals surface area contributed by atoms with Crippen LogP contribution in [-0.2, 0) is 23.9 Å². The summed E-state index contributed by atoms with van der Waals surface area (Å²) < 4.78 is 43.3. The summed E-state index contributed by atoms with van der Waals surface area (Å²) in [7, 11) is 1.58. The lowest BCUT2D eigenvalue weighted by Crippen LogP contribution is -2.29. The quantitative estimate of drug-likeness (QED) is 0.669. The molecule has 26 heavy (non-hydrogen) atoms. The Morgan fingerprint density at radius 1 is 1.31 bits per heavy atom. The number of amides is 1. The molecule has 10 heteroatoms. The number of hydrogen-bond donors (Lipinski definition) is 0. The molecule has 0 atom stereocenters. The SMILES string of the molecule is CN(CCc1noc(C(F)(F)F)n1)C(=O)CCn1cnc2ccccc21. The van der Waals surface area contributed by atoms with Gasteiger partial charge in [-0.1, -0.05) is 17.3 Å². The number of carbonyl (C=O) groups is 1. The van der Waals surface area contributed by atoms with Crippen molar-refractivity contribution in [3.8, 4) is 0 Å². The number of halogens is 3. The summed E-state index contributed by atoms with van der Waals surface area (Å²) in [5.74, 6) is -1.60. The predicted octanol–water partition coefficient (Wildman–Crippen LogP) is 2.53. The minimum atomic E-state index is -4.67. The van der Waals surface area contributed by atoms with Gasteiger partial charge in [0, 0.05) is 33.0 Å². The Bertz CT molecular complexity index is 903. The number of aryl methyl sites for hydroxylation is 1. The first-order valence-electron chi connectivity index (χ1n) is 7.88. The van der Waals surface area contributed by atoms with Gasteiger partial charge in [-0.3, -0.25) is 4.79 Å². The summed E-state index contributed by atoms with van der Waals surface area (Å²) in [5, 5.41) is 3.28. The van der Waals surface area contributed by atoms with Gasteiger partial charge in [-0.25, -0.2) is 4.98 Å². The van der Waals surface area contributed by atoms with Crippen molar-refractivity contribution < 1.29 is 22.5 Å². The first kappa shape index (κ1) is 17.9. The molecule has 138 valence electrons. The molecule has 0 N–H and O–H groups in total. The number of nitrogens with zero attached hydrogens (tertiary/aromatic N) is 5. The van der Waals surface area contributed by atoms with Crippen LogP contribution in [0.1, 0.15) is 18.1 Å². The van der Waals surface area contributed by atoms with Crippen molar-refractivity contribution in [1.29, 1.82) is 0 Å². The lowest BCUT2D eigenvalue weighted by molar-refractivity contribution is -0.159. The van der Waals surface area contributed by atoms with Gasteiger partial charge in [-0.05, 0) is 12.1 Å². The van der Waals surface area contributed by atoms with Crippen LogP contribution >= 0.6 is 0 Å². The number of para-hydroxylation sites is 2. The number of alkyl halides is 3. The molecule has 0 aliphatic rings. The molecule has 0 bridgehead atoms. The highest BCUT2D eigenvalue weighted by Gasteiger charge is 2.38. The van der Waals surface area contributed by atoms with Crippen molar-refractivity contribution in [2.45, 2.75) is 25.6 Å². The van der Waals surface area contributed by atoms with E-state index < -0.39 is 12.1 Å². The van der Waals surface area contributed by atoms with Gasteiger partial charge >= 0.3 is 12.1 Å². The Hall–Kier alpha value is -2.91. The van der Waals surface area contributed by atoms with E-state index in [9.17, 15) is 18.0 Å². The average Bonchev–Trinajstić information content (AvgIpc) is 3.24. The number of rotatable bonds is 6. The normalized spacial score (nSPS) is 11.8. The molecule has 7 nitrogen and oxygen atoms in total. The number of aromatic nitrogens is 4. The molecule has 0 aliphatic carbocycles. The van der Waals surface area contributed by atoms with Gasteiger partial charge in [0.25, 0.3) is 0 Å². The fourth-order valence-corrected chi connectivity index (χ4v) is 2.46. The lowest BCUT2D eigenvalue weighted by atomic mass is 10.3. The topological polar surface area (TPSA) is 77.0 Å². The third-order valence-electron chi connectivity index (χ3n) is 3.90. The minimum absolute atomic E-state index is 0.0792. The smallest absolute Gasteiger partial charge is 0.345 e. The second-order valence-electron chi connectivity index (χ2n) is 5.76. The van der Waals surface area contributed by atoms with Crippen LogP contribution in [0, 0.1) is 0 Å². The van der Waals surface area contributed by atoms with E-state index in [1.807, 2.05) is 28.8 Å². The molecule has 0 unspecified atom stereocenters. The van der Waals surface area contributed by atoms with Crippen molar-refractivity contribution in [3.05, 3.63) is 42.3 Å². The zero-order valence-electron chi connectivity index (χ0n) is 13.9. The monoisotopic (exact) mass is 367 g/mol. The van der Waals surface area contributed by atoms with E-state index >= 15 is 0 Å². The number of hydrogen-bond acceptors (Lipinski definition) is 5. The van der Waals surface area contributed by atoms with Crippen LogP contribution in [0.15, 0.2) is 35.1 Å². The molecule has 0 radical (unpaired) electrons. The van der Waals surface area contributed by atoms with Gasteiger partial charge in [0.15, 0.2) is 5.82 Å². The van der Waals surface area contributed by atoms with E-state index in [4.69, 9.17) is 0 Å². The first-order chi connectivity index (χ1) is 12.3. The first-order valence-corrected chi connectivity index (χ1v) is 7.88. The predicted molar refractivity (Wildman–Crippen MR) is 85.0 cm³/mol. The number of fused-ring (bicyclic) bond motifs is 1. The average molecular weight is 367 g/mol. The minimum Gasteiger partial charge on any atom is -0.345 e. The number of likely N-dealkylation sites (N-methyl/N-ethyl adjacent to an activating group) is 1. The number of carbonyl (C=O) groups excluding carboxylic acids is 1. The summed E-state index contributed by atoms with van der Waals surface area (Å²) >= 11 is 0. The highest BCUT2D eigenvalue weighted by atomic mass is 19.4. The van der Waals surface area contributed by atoms with Crippen LogP contribution in [0.25, 0.3) is 11.0 Å². The molecule has 3 aromatic rings. The highest BCUT2D eigenvalue weighted by molar-refractivity contribution is 5.77. The zero-order valence-corrected chi connectivity index (χ0v) is 13.9. The van der Waals surface area contributed by atoms with Gasteiger partial charge in [0.05, 0.1) is 17.4 Å². The van der Waals surface area contributed by atoms with E-state index in [2.05, 4.69) is 19.6 Å². The molecule has 0 spiro atoms. The van der Waals surface area contributed by atoms with E-state index in [-0.39, 0.29) is 31.1 Å². The van der Waals surface area contributed by atoms with Crippen LogP contribution in [0.4, 0.5) is 13.2 Å². The second kappa shape index (κ2) is 7.14. The Balaban J connectivity index is 1.51. The van der Waals surface area contributed by atoms with Crippen LogP contribution in [0.2, 0.25) is 0 Å². The Morgan fingerprint density at radius 2 is 2.08 bits per heavy atom. The summed E-state index contributed by atoms with van der Waals surface area (Å²) in [6, 6.07) is 7.60. The van der Waals surface area contributed by atoms with Gasteiger partial charge in [0.1, 0.15) is 0 Å². The molecule has 1 aromatic carbocycles. The Morgan fingerprint density at radius 3 is 2.81 bits per heavy atom. The largest absolute Gasteiger partial charge is 0.471 e. The van der Waals surface area contributed by atoms with Crippen LogP contribution in [0.5, 0.6) is 0 Å². The third kappa shape index (κ3) is 4.01. The molecule has 2 aromatic heterocycles.